The standard InChI is InChI=1S/C22H34N4O/c1-3-27-20-16-19(22(20)12-7-13-22)25-21(23-2)24-17-10-14-26(15-11-17)18-8-5-4-6-9-18/h4-6,8-9,17,19-20H,3,7,10-16H2,1-2H3,(H2,23,24,25). The average molecular weight is 371 g/mol. The van der Waals surface area contributed by atoms with Crippen LogP contribution >= 0.6 is 0 Å². The molecular weight excluding hydrogens is 336 g/mol. The number of hydrogen-bond donors (Lipinski definition) is 2. The molecule has 4 rings (SSSR count). The molecule has 2 saturated carbocycles. The number of hydrogen-bond acceptors (Lipinski definition) is 3. The first-order valence-electron chi connectivity index (χ1n) is 10.7. The zero-order valence-electron chi connectivity index (χ0n) is 16.8. The zero-order chi connectivity index (χ0) is 18.7. The van der Waals surface area contributed by atoms with Gasteiger partial charge in [0, 0.05) is 49.9 Å². The Morgan fingerprint density at radius 3 is 2.52 bits per heavy atom. The number of nitrogens with zero attached hydrogens (tertiary/aromatic N) is 2. The van der Waals surface area contributed by atoms with Gasteiger partial charge in [-0.15, -0.1) is 0 Å². The van der Waals surface area contributed by atoms with Crippen molar-refractivity contribution in [1.29, 1.82) is 0 Å². The van der Waals surface area contributed by atoms with Gasteiger partial charge in [-0.2, -0.15) is 0 Å². The summed E-state index contributed by atoms with van der Waals surface area (Å²) in [5.74, 6) is 0.972. The largest absolute Gasteiger partial charge is 0.378 e. The lowest BCUT2D eigenvalue weighted by Gasteiger charge is -2.61. The normalized spacial score (nSPS) is 27.8. The third kappa shape index (κ3) is 3.66. The maximum Gasteiger partial charge on any atom is 0.191 e. The summed E-state index contributed by atoms with van der Waals surface area (Å²) >= 11 is 0. The lowest BCUT2D eigenvalue weighted by atomic mass is 9.51. The van der Waals surface area contributed by atoms with E-state index in [2.05, 4.69) is 57.8 Å². The topological polar surface area (TPSA) is 48.9 Å². The van der Waals surface area contributed by atoms with Gasteiger partial charge in [0.25, 0.3) is 0 Å². The molecule has 2 N–H and O–H groups in total. The van der Waals surface area contributed by atoms with Crippen molar-refractivity contribution in [2.24, 2.45) is 10.4 Å². The molecule has 1 saturated heterocycles. The van der Waals surface area contributed by atoms with Crippen molar-refractivity contribution >= 4 is 11.6 Å². The molecule has 1 aliphatic heterocycles. The van der Waals surface area contributed by atoms with Crippen molar-refractivity contribution in [3.63, 3.8) is 0 Å². The Labute approximate surface area is 163 Å². The molecule has 1 aromatic rings. The van der Waals surface area contributed by atoms with Gasteiger partial charge in [-0.3, -0.25) is 4.99 Å². The number of ether oxygens (including phenoxy) is 1. The second kappa shape index (κ2) is 8.09. The van der Waals surface area contributed by atoms with Gasteiger partial charge in [0.15, 0.2) is 5.96 Å². The van der Waals surface area contributed by atoms with Crippen molar-refractivity contribution < 1.29 is 4.74 Å². The van der Waals surface area contributed by atoms with E-state index in [-0.39, 0.29) is 0 Å². The quantitative estimate of drug-likeness (QED) is 0.617. The van der Waals surface area contributed by atoms with Crippen LogP contribution in [0.5, 0.6) is 0 Å². The van der Waals surface area contributed by atoms with Gasteiger partial charge < -0.3 is 20.3 Å². The van der Waals surface area contributed by atoms with E-state index >= 15 is 0 Å². The monoisotopic (exact) mass is 370 g/mol. The number of para-hydroxylation sites is 1. The maximum absolute atomic E-state index is 5.98. The second-order valence-electron chi connectivity index (χ2n) is 8.28. The molecule has 1 heterocycles. The Kier molecular flexibility index (Phi) is 5.58. The van der Waals surface area contributed by atoms with Crippen LogP contribution in [0.2, 0.25) is 0 Å². The summed E-state index contributed by atoms with van der Waals surface area (Å²) in [5, 5.41) is 7.40. The molecular formula is C22H34N4O. The molecule has 3 fully saturated rings. The lowest BCUT2D eigenvalue weighted by Crippen LogP contribution is -2.69. The Balaban J connectivity index is 1.27. The van der Waals surface area contributed by atoms with Crippen LogP contribution in [0, 0.1) is 5.41 Å². The van der Waals surface area contributed by atoms with Crippen molar-refractivity contribution in [1.82, 2.24) is 10.6 Å². The van der Waals surface area contributed by atoms with Gasteiger partial charge in [0.1, 0.15) is 0 Å². The fourth-order valence-corrected chi connectivity index (χ4v) is 5.09. The molecule has 0 bridgehead atoms. The van der Waals surface area contributed by atoms with Crippen LogP contribution in [0.3, 0.4) is 0 Å². The number of rotatable bonds is 5. The van der Waals surface area contributed by atoms with E-state index in [0.29, 0.717) is 23.6 Å². The van der Waals surface area contributed by atoms with Crippen molar-refractivity contribution in [2.45, 2.75) is 63.6 Å². The maximum atomic E-state index is 5.98. The van der Waals surface area contributed by atoms with E-state index in [9.17, 15) is 0 Å². The van der Waals surface area contributed by atoms with Crippen LogP contribution in [0.1, 0.15) is 45.4 Å². The summed E-state index contributed by atoms with van der Waals surface area (Å²) in [5.41, 5.74) is 1.70. The van der Waals surface area contributed by atoms with Crippen LogP contribution in [-0.4, -0.2) is 50.9 Å². The number of anilines is 1. The first-order chi connectivity index (χ1) is 13.2. The highest BCUT2D eigenvalue weighted by molar-refractivity contribution is 5.80. The third-order valence-corrected chi connectivity index (χ3v) is 6.93. The van der Waals surface area contributed by atoms with E-state index in [4.69, 9.17) is 4.74 Å². The van der Waals surface area contributed by atoms with Gasteiger partial charge >= 0.3 is 0 Å². The Morgan fingerprint density at radius 1 is 1.19 bits per heavy atom. The van der Waals surface area contributed by atoms with Crippen molar-refractivity contribution in [2.75, 3.05) is 31.6 Å². The molecule has 3 aliphatic rings. The molecule has 0 amide bonds. The first kappa shape index (κ1) is 18.6. The Hall–Kier alpha value is -1.75. The van der Waals surface area contributed by atoms with E-state index in [0.717, 1.165) is 44.9 Å². The second-order valence-corrected chi connectivity index (χ2v) is 8.28. The third-order valence-electron chi connectivity index (χ3n) is 6.93. The highest BCUT2D eigenvalue weighted by Crippen LogP contribution is 2.57. The van der Waals surface area contributed by atoms with Crippen LogP contribution in [0.15, 0.2) is 35.3 Å². The predicted octanol–water partition coefficient (Wildman–Crippen LogP) is 3.17. The number of nitrogens with one attached hydrogen (secondary N) is 2. The molecule has 1 spiro atoms. The Morgan fingerprint density at radius 2 is 1.93 bits per heavy atom. The molecule has 5 nitrogen and oxygen atoms in total. The molecule has 0 aromatic heterocycles. The van der Waals surface area contributed by atoms with Crippen LogP contribution in [-0.2, 0) is 4.74 Å². The summed E-state index contributed by atoms with van der Waals surface area (Å²) in [6.45, 7) is 5.12. The fraction of sp³-hybridized carbons (Fsp3) is 0.682. The first-order valence-corrected chi connectivity index (χ1v) is 10.7. The minimum atomic E-state index is 0.365. The lowest BCUT2D eigenvalue weighted by molar-refractivity contribution is -0.168. The van der Waals surface area contributed by atoms with Gasteiger partial charge in [-0.1, -0.05) is 24.6 Å². The van der Waals surface area contributed by atoms with E-state index < -0.39 is 0 Å². The number of aliphatic imine (C=N–C) groups is 1. The fourth-order valence-electron chi connectivity index (χ4n) is 5.09. The summed E-state index contributed by atoms with van der Waals surface area (Å²) in [7, 11) is 1.89. The van der Waals surface area contributed by atoms with Crippen molar-refractivity contribution in [3.05, 3.63) is 30.3 Å². The Bertz CT molecular complexity index is 635. The average Bonchev–Trinajstić information content (AvgIpc) is 2.66. The van der Waals surface area contributed by atoms with Gasteiger partial charge in [-0.05, 0) is 51.2 Å². The van der Waals surface area contributed by atoms with Crippen LogP contribution in [0.25, 0.3) is 0 Å². The van der Waals surface area contributed by atoms with Crippen molar-refractivity contribution in [3.8, 4) is 0 Å². The molecule has 5 heteroatoms. The number of guanidine groups is 1. The summed E-state index contributed by atoms with van der Waals surface area (Å²) < 4.78 is 5.98. The molecule has 0 radical (unpaired) electrons. The smallest absolute Gasteiger partial charge is 0.191 e. The summed E-state index contributed by atoms with van der Waals surface area (Å²) in [4.78, 5) is 7.00. The zero-order valence-corrected chi connectivity index (χ0v) is 16.8. The molecule has 148 valence electrons. The minimum absolute atomic E-state index is 0.365. The van der Waals surface area contributed by atoms with E-state index in [1.54, 1.807) is 0 Å². The van der Waals surface area contributed by atoms with E-state index in [1.807, 2.05) is 7.05 Å². The van der Waals surface area contributed by atoms with Gasteiger partial charge in [-0.25, -0.2) is 0 Å². The summed E-state index contributed by atoms with van der Waals surface area (Å²) in [6, 6.07) is 11.7. The molecule has 27 heavy (non-hydrogen) atoms. The highest BCUT2D eigenvalue weighted by atomic mass is 16.5. The molecule has 2 aliphatic carbocycles. The molecule has 2 atom stereocenters. The molecule has 1 aromatic carbocycles. The molecule has 2 unspecified atom stereocenters. The number of benzene rings is 1. The van der Waals surface area contributed by atoms with Crippen LogP contribution < -0.4 is 15.5 Å². The predicted molar refractivity (Wildman–Crippen MR) is 111 cm³/mol. The summed E-state index contributed by atoms with van der Waals surface area (Å²) in [6.07, 6.45) is 7.77. The highest BCUT2D eigenvalue weighted by Gasteiger charge is 2.59. The van der Waals surface area contributed by atoms with Crippen LogP contribution in [0.4, 0.5) is 5.69 Å². The van der Waals surface area contributed by atoms with E-state index in [1.165, 1.54) is 24.9 Å². The van der Waals surface area contributed by atoms with Gasteiger partial charge in [0.05, 0.1) is 6.10 Å². The SMILES string of the molecule is CCOC1CC(NC(=NC)NC2CCN(c3ccccc3)CC2)C12CCC2. The number of piperidine rings is 1. The minimum Gasteiger partial charge on any atom is -0.378 e. The van der Waals surface area contributed by atoms with Gasteiger partial charge in [0.2, 0.25) is 0 Å².